The Morgan fingerprint density at radius 3 is 2.74 bits per heavy atom. The van der Waals surface area contributed by atoms with Gasteiger partial charge < -0.3 is 10.2 Å². The summed E-state index contributed by atoms with van der Waals surface area (Å²) in [6.45, 7) is 10.3. The third kappa shape index (κ3) is 3.64. The van der Waals surface area contributed by atoms with Gasteiger partial charge in [0.15, 0.2) is 0 Å². The first-order valence-corrected chi connectivity index (χ1v) is 10.6. The van der Waals surface area contributed by atoms with Crippen molar-refractivity contribution in [2.75, 3.05) is 13.1 Å². The van der Waals surface area contributed by atoms with Crippen LogP contribution in [0.2, 0.25) is 0 Å². The minimum absolute atomic E-state index is 0.0667. The molecule has 1 N–H and O–H groups in total. The number of benzene rings is 1. The lowest BCUT2D eigenvalue weighted by molar-refractivity contribution is -0.133. The predicted molar refractivity (Wildman–Crippen MR) is 116 cm³/mol. The van der Waals surface area contributed by atoms with Gasteiger partial charge in [0.1, 0.15) is 22.9 Å². The lowest BCUT2D eigenvalue weighted by atomic mass is 9.87. The average Bonchev–Trinajstić information content (AvgIpc) is 3.15. The highest BCUT2D eigenvalue weighted by atomic mass is 19.1. The molecule has 2 aromatic rings. The highest BCUT2D eigenvalue weighted by Gasteiger charge is 2.42. The lowest BCUT2D eigenvalue weighted by Crippen LogP contribution is -2.63. The quantitative estimate of drug-likeness (QED) is 0.821. The predicted octanol–water partition coefficient (Wildman–Crippen LogP) is 3.08. The molecule has 3 heterocycles. The minimum Gasteiger partial charge on any atom is -0.352 e. The largest absolute Gasteiger partial charge is 0.352 e. The molecule has 31 heavy (non-hydrogen) atoms. The van der Waals surface area contributed by atoms with E-state index in [-0.39, 0.29) is 35.2 Å². The number of carbonyl (C=O) groups excluding carboxylic acids is 2. The molecule has 8 heteroatoms. The van der Waals surface area contributed by atoms with Crippen LogP contribution in [0, 0.1) is 18.7 Å². The van der Waals surface area contributed by atoms with E-state index in [1.54, 1.807) is 48.7 Å². The van der Waals surface area contributed by atoms with Crippen LogP contribution in [0.5, 0.6) is 0 Å². The van der Waals surface area contributed by atoms with Crippen molar-refractivity contribution in [1.29, 1.82) is 0 Å². The molecular formula is C23H28FN5O2. The number of halogens is 1. The molecule has 2 aliphatic rings. The summed E-state index contributed by atoms with van der Waals surface area (Å²) in [5, 5.41) is 7.52. The number of fused-ring (bicyclic) bond motifs is 1. The third-order valence-corrected chi connectivity index (χ3v) is 6.30. The Labute approximate surface area is 181 Å². The maximum atomic E-state index is 13.7. The Morgan fingerprint density at radius 1 is 1.32 bits per heavy atom. The van der Waals surface area contributed by atoms with Crippen molar-refractivity contribution in [1.82, 2.24) is 19.9 Å². The molecule has 1 fully saturated rings. The highest BCUT2D eigenvalue weighted by molar-refractivity contribution is 6.02. The van der Waals surface area contributed by atoms with Gasteiger partial charge in [-0.1, -0.05) is 19.9 Å². The normalized spacial score (nSPS) is 20.4. The molecule has 0 aliphatic carbocycles. The van der Waals surface area contributed by atoms with Crippen molar-refractivity contribution < 1.29 is 14.0 Å². The number of aromatic nitrogens is 2. The number of carbonyl (C=O) groups is 2. The molecule has 1 unspecified atom stereocenters. The lowest BCUT2D eigenvalue weighted by Gasteiger charge is -2.40. The Kier molecular flexibility index (Phi) is 5.19. The fourth-order valence-corrected chi connectivity index (χ4v) is 4.22. The molecule has 1 aromatic heterocycles. The van der Waals surface area contributed by atoms with Crippen molar-refractivity contribution >= 4 is 17.5 Å². The summed E-state index contributed by atoms with van der Waals surface area (Å²) < 4.78 is 15.4. The Balaban J connectivity index is 1.73. The summed E-state index contributed by atoms with van der Waals surface area (Å²) in [6, 6.07) is 5.00. The SMILES string of the molecule is Cc1cc(C2=Nn3cc(C(=O)N4CCNC(=O)C4(C)C)nc3C(C(C)C)C2)ccc1F. The molecule has 0 spiro atoms. The molecule has 0 radical (unpaired) electrons. The maximum absolute atomic E-state index is 13.7. The smallest absolute Gasteiger partial charge is 0.275 e. The van der Waals surface area contributed by atoms with Gasteiger partial charge in [-0.05, 0) is 49.9 Å². The van der Waals surface area contributed by atoms with Crippen LogP contribution in [0.15, 0.2) is 29.5 Å². The molecule has 0 saturated carbocycles. The number of imidazole rings is 1. The minimum atomic E-state index is -0.947. The van der Waals surface area contributed by atoms with Crippen molar-refractivity contribution in [2.24, 2.45) is 11.0 Å². The van der Waals surface area contributed by atoms with Gasteiger partial charge >= 0.3 is 0 Å². The topological polar surface area (TPSA) is 79.6 Å². The molecule has 4 rings (SSSR count). The molecule has 2 amide bonds. The zero-order valence-corrected chi connectivity index (χ0v) is 18.6. The first kappa shape index (κ1) is 21.2. The van der Waals surface area contributed by atoms with Crippen LogP contribution >= 0.6 is 0 Å². The van der Waals surface area contributed by atoms with E-state index >= 15 is 0 Å². The second kappa shape index (κ2) is 7.59. The Morgan fingerprint density at radius 2 is 2.06 bits per heavy atom. The van der Waals surface area contributed by atoms with E-state index in [1.807, 2.05) is 0 Å². The van der Waals surface area contributed by atoms with Crippen molar-refractivity contribution in [3.05, 3.63) is 52.9 Å². The van der Waals surface area contributed by atoms with E-state index < -0.39 is 5.54 Å². The number of piperazine rings is 1. The number of amides is 2. The molecule has 1 saturated heterocycles. The molecule has 0 bridgehead atoms. The van der Waals surface area contributed by atoms with E-state index in [0.29, 0.717) is 25.1 Å². The molecule has 2 aliphatic heterocycles. The number of hydrogen-bond acceptors (Lipinski definition) is 4. The van der Waals surface area contributed by atoms with Crippen molar-refractivity contribution in [3.63, 3.8) is 0 Å². The van der Waals surface area contributed by atoms with E-state index in [9.17, 15) is 14.0 Å². The van der Waals surface area contributed by atoms with Crippen molar-refractivity contribution in [2.45, 2.75) is 52.5 Å². The van der Waals surface area contributed by atoms with Crippen LogP contribution in [0.4, 0.5) is 4.39 Å². The van der Waals surface area contributed by atoms with E-state index in [0.717, 1.165) is 17.1 Å². The molecule has 164 valence electrons. The summed E-state index contributed by atoms with van der Waals surface area (Å²) in [7, 11) is 0. The van der Waals surface area contributed by atoms with Gasteiger partial charge in [-0.15, -0.1) is 0 Å². The number of rotatable bonds is 3. The zero-order valence-electron chi connectivity index (χ0n) is 18.6. The second-order valence-electron chi connectivity index (χ2n) is 9.17. The van der Waals surface area contributed by atoms with Crippen LogP contribution in [0.25, 0.3) is 0 Å². The molecular weight excluding hydrogens is 397 g/mol. The maximum Gasteiger partial charge on any atom is 0.275 e. The average molecular weight is 426 g/mol. The van der Waals surface area contributed by atoms with Crippen LogP contribution in [0.3, 0.4) is 0 Å². The number of nitrogens with zero attached hydrogens (tertiary/aromatic N) is 4. The Hall–Kier alpha value is -3.03. The zero-order chi connectivity index (χ0) is 22.5. The number of aryl methyl sites for hydroxylation is 1. The summed E-state index contributed by atoms with van der Waals surface area (Å²) in [6.07, 6.45) is 2.30. The fraction of sp³-hybridized carbons (Fsp3) is 0.478. The highest BCUT2D eigenvalue weighted by Crippen LogP contribution is 2.33. The third-order valence-electron chi connectivity index (χ3n) is 6.30. The Bertz CT molecular complexity index is 1090. The van der Waals surface area contributed by atoms with Gasteiger partial charge in [-0.2, -0.15) is 5.10 Å². The van der Waals surface area contributed by atoms with E-state index in [1.165, 1.54) is 6.07 Å². The molecule has 1 atom stereocenters. The first-order chi connectivity index (χ1) is 14.6. The summed E-state index contributed by atoms with van der Waals surface area (Å²) in [4.78, 5) is 31.8. The van der Waals surface area contributed by atoms with E-state index in [4.69, 9.17) is 5.10 Å². The second-order valence-corrected chi connectivity index (χ2v) is 9.17. The first-order valence-electron chi connectivity index (χ1n) is 10.6. The summed E-state index contributed by atoms with van der Waals surface area (Å²) >= 11 is 0. The summed E-state index contributed by atoms with van der Waals surface area (Å²) in [5.74, 6) is 0.373. The van der Waals surface area contributed by atoms with Crippen molar-refractivity contribution in [3.8, 4) is 0 Å². The molecule has 7 nitrogen and oxygen atoms in total. The van der Waals surface area contributed by atoms with Gasteiger partial charge in [-0.25, -0.2) is 14.1 Å². The van der Waals surface area contributed by atoms with Gasteiger partial charge in [0.25, 0.3) is 5.91 Å². The van der Waals surface area contributed by atoms with Gasteiger partial charge in [-0.3, -0.25) is 9.59 Å². The van der Waals surface area contributed by atoms with Gasteiger partial charge in [0.2, 0.25) is 5.91 Å². The van der Waals surface area contributed by atoms with Crippen LogP contribution in [-0.2, 0) is 4.79 Å². The van der Waals surface area contributed by atoms with Gasteiger partial charge in [0.05, 0.1) is 11.9 Å². The monoisotopic (exact) mass is 425 g/mol. The van der Waals surface area contributed by atoms with Gasteiger partial charge in [0, 0.05) is 25.4 Å². The van der Waals surface area contributed by atoms with E-state index in [2.05, 4.69) is 24.1 Å². The molecule has 1 aromatic carbocycles. The standard InChI is InChI=1S/C23H28FN5O2/c1-13(2)16-11-18(15-6-7-17(24)14(3)10-15)27-29-12-19(26-20(16)29)21(30)28-9-8-25-22(31)23(28,4)5/h6-7,10,12-13,16H,8-9,11H2,1-5H3,(H,25,31). The van der Waals surface area contributed by atoms with Crippen LogP contribution in [-0.4, -0.2) is 50.7 Å². The van der Waals surface area contributed by atoms with Crippen LogP contribution in [0.1, 0.15) is 67.5 Å². The fourth-order valence-electron chi connectivity index (χ4n) is 4.22. The van der Waals surface area contributed by atoms with Crippen LogP contribution < -0.4 is 5.32 Å². The summed E-state index contributed by atoms with van der Waals surface area (Å²) in [5.41, 5.74) is 1.61. The number of hydrogen-bond donors (Lipinski definition) is 1. The number of nitrogens with one attached hydrogen (secondary N) is 1.